The van der Waals surface area contributed by atoms with Gasteiger partial charge in [0.25, 0.3) is 5.56 Å². The number of anilines is 1. The van der Waals surface area contributed by atoms with Crippen LogP contribution in [0.25, 0.3) is 49.4 Å². The molecule has 0 radical (unpaired) electrons. The Kier molecular flexibility index (Phi) is 7.28. The van der Waals surface area contributed by atoms with E-state index in [1.807, 2.05) is 47.4 Å². The standard InChI is InChI=1S/C38H35N5O/c1-25-9-14-32(22-36(25)41-34(27-6-4-7-27)8-5-19-42(2)3)43-37(44)16-13-30-24-40-35-15-12-29(21-33(35)38(30)43)28-11-10-26-17-18-39-23-31(26)20-28/h5,8-18,20-24,41H,4,6-7,19H2,1-3H3/b8-5+. The maximum Gasteiger partial charge on any atom is 0.255 e. The third-order valence-corrected chi connectivity index (χ3v) is 8.53. The third-order valence-electron chi connectivity index (χ3n) is 8.53. The van der Waals surface area contributed by atoms with Gasteiger partial charge in [0.15, 0.2) is 0 Å². The van der Waals surface area contributed by atoms with E-state index in [0.29, 0.717) is 0 Å². The Morgan fingerprint density at radius 2 is 1.73 bits per heavy atom. The lowest BCUT2D eigenvalue weighted by Gasteiger charge is -2.23. The van der Waals surface area contributed by atoms with E-state index >= 15 is 0 Å². The summed E-state index contributed by atoms with van der Waals surface area (Å²) in [6.45, 7) is 2.98. The molecule has 3 aromatic heterocycles. The summed E-state index contributed by atoms with van der Waals surface area (Å²) < 4.78 is 1.83. The second-order valence-electron chi connectivity index (χ2n) is 11.9. The van der Waals surface area contributed by atoms with Gasteiger partial charge in [-0.25, -0.2) is 0 Å². The van der Waals surface area contributed by atoms with Gasteiger partial charge in [-0.05, 0) is 116 Å². The summed E-state index contributed by atoms with van der Waals surface area (Å²) in [4.78, 5) is 24.9. The average molecular weight is 578 g/mol. The number of nitrogens with zero attached hydrogens (tertiary/aromatic N) is 4. The third kappa shape index (κ3) is 5.29. The van der Waals surface area contributed by atoms with Crippen molar-refractivity contribution in [1.82, 2.24) is 19.4 Å². The molecular formula is C38H35N5O. The van der Waals surface area contributed by atoms with Crippen molar-refractivity contribution in [2.24, 2.45) is 0 Å². The van der Waals surface area contributed by atoms with Gasteiger partial charge in [-0.15, -0.1) is 0 Å². The molecule has 1 N–H and O–H groups in total. The van der Waals surface area contributed by atoms with E-state index in [1.165, 1.54) is 12.0 Å². The predicted molar refractivity (Wildman–Crippen MR) is 183 cm³/mol. The van der Waals surface area contributed by atoms with E-state index < -0.39 is 0 Å². The Hall–Kier alpha value is -5.07. The summed E-state index contributed by atoms with van der Waals surface area (Å²) in [7, 11) is 4.15. The molecule has 1 saturated carbocycles. The Bertz CT molecular complexity index is 2170. The van der Waals surface area contributed by atoms with Gasteiger partial charge in [-0.3, -0.25) is 19.3 Å². The van der Waals surface area contributed by atoms with Gasteiger partial charge >= 0.3 is 0 Å². The summed E-state index contributed by atoms with van der Waals surface area (Å²) in [6, 6.07) is 24.5. The van der Waals surface area contributed by atoms with Crippen LogP contribution in [0.4, 0.5) is 5.69 Å². The molecule has 3 heterocycles. The maximum atomic E-state index is 13.7. The van der Waals surface area contributed by atoms with E-state index in [0.717, 1.165) is 85.7 Å². The van der Waals surface area contributed by atoms with Crippen molar-refractivity contribution in [3.63, 3.8) is 0 Å². The molecule has 44 heavy (non-hydrogen) atoms. The number of nitrogens with one attached hydrogen (secondary N) is 1. The molecule has 7 rings (SSSR count). The number of aromatic nitrogens is 3. The van der Waals surface area contributed by atoms with E-state index in [1.54, 1.807) is 6.07 Å². The van der Waals surface area contributed by atoms with Crippen LogP contribution in [-0.4, -0.2) is 40.1 Å². The second-order valence-corrected chi connectivity index (χ2v) is 11.9. The lowest BCUT2D eigenvalue weighted by molar-refractivity contribution is 0.456. The van der Waals surface area contributed by atoms with Crippen LogP contribution in [-0.2, 0) is 0 Å². The van der Waals surface area contributed by atoms with Crippen LogP contribution in [0.15, 0.2) is 120 Å². The summed E-state index contributed by atoms with van der Waals surface area (Å²) >= 11 is 0. The molecule has 1 fully saturated rings. The molecule has 218 valence electrons. The van der Waals surface area contributed by atoms with Crippen LogP contribution in [0.1, 0.15) is 24.8 Å². The second kappa shape index (κ2) is 11.5. The fourth-order valence-corrected chi connectivity index (χ4v) is 5.89. The van der Waals surface area contributed by atoms with Crippen LogP contribution in [0.3, 0.4) is 0 Å². The molecule has 0 unspecified atom stereocenters. The lowest BCUT2D eigenvalue weighted by Crippen LogP contribution is -2.18. The minimum atomic E-state index is -0.0783. The van der Waals surface area contributed by atoms with Gasteiger partial charge in [0.05, 0.1) is 16.7 Å². The van der Waals surface area contributed by atoms with E-state index in [2.05, 4.69) is 90.8 Å². The zero-order valence-electron chi connectivity index (χ0n) is 25.3. The highest BCUT2D eigenvalue weighted by molar-refractivity contribution is 6.05. The molecule has 6 aromatic rings. The number of hydrogen-bond acceptors (Lipinski definition) is 5. The fourth-order valence-electron chi connectivity index (χ4n) is 5.89. The molecule has 3 aromatic carbocycles. The molecule has 0 aliphatic heterocycles. The molecule has 0 bridgehead atoms. The Morgan fingerprint density at radius 1 is 0.909 bits per heavy atom. The number of benzene rings is 3. The number of allylic oxidation sites excluding steroid dienone is 2. The smallest absolute Gasteiger partial charge is 0.255 e. The summed E-state index contributed by atoms with van der Waals surface area (Å²) in [5, 5.41) is 7.81. The normalized spacial score (nSPS) is 13.3. The quantitative estimate of drug-likeness (QED) is 0.195. The number of pyridine rings is 3. The summed E-state index contributed by atoms with van der Waals surface area (Å²) in [5.74, 6) is 0. The molecule has 0 amide bonds. The van der Waals surface area contributed by atoms with E-state index in [4.69, 9.17) is 4.98 Å². The van der Waals surface area contributed by atoms with Crippen molar-refractivity contribution in [2.45, 2.75) is 26.2 Å². The SMILES string of the molecule is Cc1ccc(-n2c(=O)ccc3cnc4ccc(-c5ccc6ccncc6c5)cc4c32)cc1NC(/C=C/CN(C)C)=C1CCC1. The van der Waals surface area contributed by atoms with Crippen molar-refractivity contribution in [3.8, 4) is 16.8 Å². The van der Waals surface area contributed by atoms with Crippen LogP contribution in [0.2, 0.25) is 0 Å². The average Bonchev–Trinajstić information content (AvgIpc) is 3.00. The molecule has 6 heteroatoms. The summed E-state index contributed by atoms with van der Waals surface area (Å²) in [5.41, 5.74) is 9.32. The number of fused-ring (bicyclic) bond motifs is 4. The zero-order valence-corrected chi connectivity index (χ0v) is 25.3. The van der Waals surface area contributed by atoms with Crippen LogP contribution >= 0.6 is 0 Å². The van der Waals surface area contributed by atoms with E-state index in [9.17, 15) is 4.79 Å². The number of likely N-dealkylation sites (N-methyl/N-ethyl adjacent to an activating group) is 1. The Balaban J connectivity index is 1.36. The van der Waals surface area contributed by atoms with Gasteiger partial charge in [0.1, 0.15) is 0 Å². The van der Waals surface area contributed by atoms with Crippen LogP contribution in [0, 0.1) is 6.92 Å². The molecule has 0 atom stereocenters. The van der Waals surface area contributed by atoms with Crippen molar-refractivity contribution in [1.29, 1.82) is 0 Å². The van der Waals surface area contributed by atoms with Gasteiger partial charge in [0, 0.05) is 58.7 Å². The van der Waals surface area contributed by atoms with Crippen LogP contribution < -0.4 is 10.9 Å². The number of hydrogen-bond donors (Lipinski definition) is 1. The first-order valence-corrected chi connectivity index (χ1v) is 15.1. The Labute approximate surface area is 257 Å². The van der Waals surface area contributed by atoms with Gasteiger partial charge in [-0.2, -0.15) is 0 Å². The minimum absolute atomic E-state index is 0.0783. The number of rotatable bonds is 7. The van der Waals surface area contributed by atoms with Crippen molar-refractivity contribution in [3.05, 3.63) is 131 Å². The molecule has 0 spiro atoms. The zero-order chi connectivity index (χ0) is 30.2. The van der Waals surface area contributed by atoms with E-state index in [-0.39, 0.29) is 5.56 Å². The molecule has 0 saturated heterocycles. The molecule has 1 aliphatic rings. The van der Waals surface area contributed by atoms with Gasteiger partial charge in [-0.1, -0.05) is 30.3 Å². The maximum absolute atomic E-state index is 13.7. The first kappa shape index (κ1) is 27.7. The highest BCUT2D eigenvalue weighted by atomic mass is 16.1. The highest BCUT2D eigenvalue weighted by Gasteiger charge is 2.16. The van der Waals surface area contributed by atoms with Gasteiger partial charge < -0.3 is 10.2 Å². The number of aryl methyl sites for hydroxylation is 1. The lowest BCUT2D eigenvalue weighted by atomic mass is 9.90. The van der Waals surface area contributed by atoms with Crippen molar-refractivity contribution in [2.75, 3.05) is 26.0 Å². The Morgan fingerprint density at radius 3 is 2.55 bits per heavy atom. The van der Waals surface area contributed by atoms with Crippen molar-refractivity contribution < 1.29 is 0 Å². The first-order chi connectivity index (χ1) is 21.4. The summed E-state index contributed by atoms with van der Waals surface area (Å²) in [6.07, 6.45) is 13.4. The molecular weight excluding hydrogens is 542 g/mol. The fraction of sp³-hybridized carbons (Fsp3) is 0.184. The minimum Gasteiger partial charge on any atom is -0.355 e. The predicted octanol–water partition coefficient (Wildman–Crippen LogP) is 8.03. The largest absolute Gasteiger partial charge is 0.355 e. The molecule has 6 nitrogen and oxygen atoms in total. The van der Waals surface area contributed by atoms with Gasteiger partial charge in [0.2, 0.25) is 0 Å². The van der Waals surface area contributed by atoms with Crippen molar-refractivity contribution >= 4 is 38.3 Å². The van der Waals surface area contributed by atoms with Crippen LogP contribution in [0.5, 0.6) is 0 Å². The monoisotopic (exact) mass is 577 g/mol. The molecule has 1 aliphatic carbocycles. The highest BCUT2D eigenvalue weighted by Crippen LogP contribution is 2.33. The first-order valence-electron chi connectivity index (χ1n) is 15.1. The topological polar surface area (TPSA) is 63.1 Å².